The van der Waals surface area contributed by atoms with Gasteiger partial charge in [-0.3, -0.25) is 9.59 Å². The molecule has 1 fully saturated rings. The molecular weight excluding hydrogens is 333 g/mol. The smallest absolute Gasteiger partial charge is 0.239 e. The number of hydrogen-bond donors (Lipinski definition) is 3. The molecule has 134 valence electrons. The SMILES string of the molecule is Cl.NCC1CCCCC1NC(=O)CNC(=O)Cc1cccc(F)c1. The number of benzene rings is 1. The molecule has 24 heavy (non-hydrogen) atoms. The number of carbonyl (C=O) groups is 2. The van der Waals surface area contributed by atoms with Crippen LogP contribution < -0.4 is 16.4 Å². The lowest BCUT2D eigenvalue weighted by Crippen LogP contribution is -2.48. The molecule has 0 aromatic heterocycles. The molecule has 2 atom stereocenters. The Kier molecular flexibility index (Phi) is 8.71. The molecule has 0 aliphatic heterocycles. The van der Waals surface area contributed by atoms with E-state index in [0.29, 0.717) is 18.0 Å². The Morgan fingerprint density at radius 3 is 2.67 bits per heavy atom. The summed E-state index contributed by atoms with van der Waals surface area (Å²) < 4.78 is 13.1. The van der Waals surface area contributed by atoms with Gasteiger partial charge in [0, 0.05) is 6.04 Å². The number of nitrogens with one attached hydrogen (secondary N) is 2. The molecule has 1 saturated carbocycles. The first kappa shape index (κ1) is 20.4. The molecule has 4 N–H and O–H groups in total. The van der Waals surface area contributed by atoms with Gasteiger partial charge in [0.1, 0.15) is 5.82 Å². The molecule has 1 aromatic rings. The summed E-state index contributed by atoms with van der Waals surface area (Å²) >= 11 is 0. The monoisotopic (exact) mass is 357 g/mol. The van der Waals surface area contributed by atoms with Gasteiger partial charge in [-0.25, -0.2) is 4.39 Å². The molecule has 2 unspecified atom stereocenters. The second-order valence-corrected chi connectivity index (χ2v) is 6.04. The topological polar surface area (TPSA) is 84.2 Å². The molecule has 7 heteroatoms. The van der Waals surface area contributed by atoms with E-state index in [9.17, 15) is 14.0 Å². The Balaban J connectivity index is 0.00000288. The predicted molar refractivity (Wildman–Crippen MR) is 93.3 cm³/mol. The number of halogens is 2. The fraction of sp³-hybridized carbons (Fsp3) is 0.529. The Morgan fingerprint density at radius 2 is 1.96 bits per heavy atom. The van der Waals surface area contributed by atoms with Crippen LogP contribution in [0.4, 0.5) is 4.39 Å². The third-order valence-corrected chi connectivity index (χ3v) is 4.26. The average Bonchev–Trinajstić information content (AvgIpc) is 2.53. The van der Waals surface area contributed by atoms with Crippen LogP contribution in [0.2, 0.25) is 0 Å². The van der Waals surface area contributed by atoms with Crippen LogP contribution >= 0.6 is 12.4 Å². The average molecular weight is 358 g/mol. The first-order chi connectivity index (χ1) is 11.1. The van der Waals surface area contributed by atoms with Crippen molar-refractivity contribution in [3.8, 4) is 0 Å². The van der Waals surface area contributed by atoms with Crippen molar-refractivity contribution in [2.75, 3.05) is 13.1 Å². The molecule has 1 aromatic carbocycles. The Labute approximate surface area is 148 Å². The second kappa shape index (κ2) is 10.3. The molecular formula is C17H25ClFN3O2. The third-order valence-electron chi connectivity index (χ3n) is 4.26. The predicted octanol–water partition coefficient (Wildman–Crippen LogP) is 1.54. The number of rotatable bonds is 6. The Hall–Kier alpha value is -1.66. The van der Waals surface area contributed by atoms with E-state index in [1.165, 1.54) is 12.1 Å². The maximum atomic E-state index is 13.1. The van der Waals surface area contributed by atoms with Gasteiger partial charge in [-0.1, -0.05) is 25.0 Å². The summed E-state index contributed by atoms with van der Waals surface area (Å²) in [6.07, 6.45) is 4.27. The normalized spacial score (nSPS) is 19.9. The molecule has 0 bridgehead atoms. The standard InChI is InChI=1S/C17H24FN3O2.ClH/c18-14-6-3-4-12(8-14)9-16(22)20-11-17(23)21-15-7-2-1-5-13(15)10-19;/h3-4,6,8,13,15H,1-2,5,7,9-11,19H2,(H,20,22)(H,21,23);1H. The van der Waals surface area contributed by atoms with Crippen LogP contribution in [0.3, 0.4) is 0 Å². The van der Waals surface area contributed by atoms with Gasteiger partial charge in [0.05, 0.1) is 13.0 Å². The van der Waals surface area contributed by atoms with E-state index in [1.807, 2.05) is 0 Å². The summed E-state index contributed by atoms with van der Waals surface area (Å²) in [6.45, 7) is 0.499. The van der Waals surface area contributed by atoms with E-state index >= 15 is 0 Å². The lowest BCUT2D eigenvalue weighted by Gasteiger charge is -2.31. The van der Waals surface area contributed by atoms with Crippen LogP contribution in [0.15, 0.2) is 24.3 Å². The van der Waals surface area contributed by atoms with E-state index in [2.05, 4.69) is 10.6 Å². The highest BCUT2D eigenvalue weighted by molar-refractivity contribution is 5.86. The van der Waals surface area contributed by atoms with Gasteiger partial charge in [-0.15, -0.1) is 12.4 Å². The molecule has 0 radical (unpaired) electrons. The van der Waals surface area contributed by atoms with Crippen LogP contribution in [0.25, 0.3) is 0 Å². The molecule has 2 rings (SSSR count). The minimum absolute atomic E-state index is 0. The fourth-order valence-corrected chi connectivity index (χ4v) is 3.01. The van der Waals surface area contributed by atoms with E-state index in [4.69, 9.17) is 5.73 Å². The first-order valence-corrected chi connectivity index (χ1v) is 8.09. The van der Waals surface area contributed by atoms with Gasteiger partial charge in [-0.2, -0.15) is 0 Å². The quantitative estimate of drug-likeness (QED) is 0.722. The minimum atomic E-state index is -0.377. The maximum absolute atomic E-state index is 13.1. The van der Waals surface area contributed by atoms with Crippen molar-refractivity contribution >= 4 is 24.2 Å². The molecule has 1 aliphatic rings. The summed E-state index contributed by atoms with van der Waals surface area (Å²) in [6, 6.07) is 5.97. The number of nitrogens with two attached hydrogens (primary N) is 1. The van der Waals surface area contributed by atoms with E-state index in [1.54, 1.807) is 12.1 Å². The highest BCUT2D eigenvalue weighted by Crippen LogP contribution is 2.23. The van der Waals surface area contributed by atoms with E-state index in [-0.39, 0.29) is 49.0 Å². The highest BCUT2D eigenvalue weighted by Gasteiger charge is 2.25. The van der Waals surface area contributed by atoms with Crippen molar-refractivity contribution in [2.45, 2.75) is 38.1 Å². The van der Waals surface area contributed by atoms with Gasteiger partial charge in [0.2, 0.25) is 11.8 Å². The van der Waals surface area contributed by atoms with Gasteiger partial charge in [0.25, 0.3) is 0 Å². The molecule has 1 aliphatic carbocycles. The molecule has 2 amide bonds. The third kappa shape index (κ3) is 6.45. The molecule has 5 nitrogen and oxygen atoms in total. The van der Waals surface area contributed by atoms with Crippen LogP contribution in [-0.4, -0.2) is 30.9 Å². The Morgan fingerprint density at radius 1 is 1.21 bits per heavy atom. The zero-order valence-electron chi connectivity index (χ0n) is 13.6. The van der Waals surface area contributed by atoms with Crippen molar-refractivity contribution in [3.63, 3.8) is 0 Å². The Bertz CT molecular complexity index is 556. The fourth-order valence-electron chi connectivity index (χ4n) is 3.01. The molecule has 0 saturated heterocycles. The number of amides is 2. The van der Waals surface area contributed by atoms with Crippen LogP contribution in [0.1, 0.15) is 31.2 Å². The molecule has 0 heterocycles. The van der Waals surface area contributed by atoms with Gasteiger partial charge in [-0.05, 0) is 43.0 Å². The van der Waals surface area contributed by atoms with Crippen molar-refractivity contribution in [1.29, 1.82) is 0 Å². The van der Waals surface area contributed by atoms with Gasteiger partial charge >= 0.3 is 0 Å². The largest absolute Gasteiger partial charge is 0.352 e. The summed E-state index contributed by atoms with van der Waals surface area (Å²) in [7, 11) is 0. The van der Waals surface area contributed by atoms with Gasteiger partial charge in [0.15, 0.2) is 0 Å². The number of carbonyl (C=O) groups excluding carboxylic acids is 2. The van der Waals surface area contributed by atoms with Crippen molar-refractivity contribution in [3.05, 3.63) is 35.6 Å². The van der Waals surface area contributed by atoms with Gasteiger partial charge < -0.3 is 16.4 Å². The van der Waals surface area contributed by atoms with Crippen molar-refractivity contribution < 1.29 is 14.0 Å². The van der Waals surface area contributed by atoms with Crippen molar-refractivity contribution in [1.82, 2.24) is 10.6 Å². The molecule has 0 spiro atoms. The summed E-state index contributed by atoms with van der Waals surface area (Å²) in [5.41, 5.74) is 6.32. The van der Waals surface area contributed by atoms with Crippen molar-refractivity contribution in [2.24, 2.45) is 11.7 Å². The number of hydrogen-bond acceptors (Lipinski definition) is 3. The minimum Gasteiger partial charge on any atom is -0.352 e. The zero-order valence-corrected chi connectivity index (χ0v) is 14.4. The maximum Gasteiger partial charge on any atom is 0.239 e. The summed E-state index contributed by atoms with van der Waals surface area (Å²) in [5.74, 6) is -0.568. The lowest BCUT2D eigenvalue weighted by molar-refractivity contribution is -0.126. The highest BCUT2D eigenvalue weighted by atomic mass is 35.5. The van der Waals surface area contributed by atoms with E-state index < -0.39 is 0 Å². The summed E-state index contributed by atoms with van der Waals surface area (Å²) in [5, 5.41) is 5.52. The first-order valence-electron chi connectivity index (χ1n) is 8.09. The van der Waals surface area contributed by atoms with Crippen LogP contribution in [0, 0.1) is 11.7 Å². The summed E-state index contributed by atoms with van der Waals surface area (Å²) in [4.78, 5) is 23.8. The van der Waals surface area contributed by atoms with Crippen LogP contribution in [0.5, 0.6) is 0 Å². The van der Waals surface area contributed by atoms with Crippen LogP contribution in [-0.2, 0) is 16.0 Å². The lowest BCUT2D eigenvalue weighted by atomic mass is 9.84. The second-order valence-electron chi connectivity index (χ2n) is 6.04. The zero-order chi connectivity index (χ0) is 16.7. The van der Waals surface area contributed by atoms with E-state index in [0.717, 1.165) is 25.7 Å².